The molecular formula is C9H7KN2O3. The van der Waals surface area contributed by atoms with Crippen molar-refractivity contribution in [2.45, 2.75) is 12.1 Å². The molecule has 1 aromatic rings. The number of hydrogen-bond acceptors (Lipinski definition) is 5. The van der Waals surface area contributed by atoms with E-state index >= 15 is 0 Å². The molecule has 2 heterocycles. The second kappa shape index (κ2) is 5.71. The summed E-state index contributed by atoms with van der Waals surface area (Å²) in [7, 11) is 0. The average Bonchev–Trinajstić information content (AvgIpc) is 2.67. The van der Waals surface area contributed by atoms with Crippen LogP contribution in [0.15, 0.2) is 29.5 Å². The van der Waals surface area contributed by atoms with E-state index in [1.54, 1.807) is 24.5 Å². The normalized spacial score (nSPS) is 22.9. The zero-order valence-corrected chi connectivity index (χ0v) is 11.3. The summed E-state index contributed by atoms with van der Waals surface area (Å²) in [4.78, 5) is 18.2. The van der Waals surface area contributed by atoms with Gasteiger partial charge >= 0.3 is 51.4 Å². The molecule has 5 nitrogen and oxygen atoms in total. The molecule has 2 atom stereocenters. The molecule has 0 radical (unpaired) electrons. The van der Waals surface area contributed by atoms with Crippen molar-refractivity contribution >= 4 is 12.4 Å². The number of carbonyl (C=O) groups excluding carboxylic acids is 1. The Bertz CT molecular complexity index is 369. The molecule has 1 aromatic heterocycles. The number of aliphatic imine (C=N–C) groups is 1. The quantitative estimate of drug-likeness (QED) is 0.490. The molecule has 0 saturated heterocycles. The Balaban J connectivity index is 0.00000112. The van der Waals surface area contributed by atoms with Crippen molar-refractivity contribution in [1.82, 2.24) is 4.98 Å². The molecule has 0 aromatic carbocycles. The summed E-state index contributed by atoms with van der Waals surface area (Å²) in [6.07, 6.45) is 3.70. The third kappa shape index (κ3) is 2.85. The van der Waals surface area contributed by atoms with Crippen molar-refractivity contribution in [3.63, 3.8) is 0 Å². The molecule has 0 unspecified atom stereocenters. The smallest absolute Gasteiger partial charge is 0.548 e. The van der Waals surface area contributed by atoms with Crippen LogP contribution in [-0.4, -0.2) is 23.4 Å². The topological polar surface area (TPSA) is 74.6 Å². The Morgan fingerprint density at radius 2 is 2.07 bits per heavy atom. The van der Waals surface area contributed by atoms with Crippen LogP contribution in [0, 0.1) is 0 Å². The summed E-state index contributed by atoms with van der Waals surface area (Å²) in [5, 5.41) is 10.7. The number of pyridine rings is 1. The predicted molar refractivity (Wildman–Crippen MR) is 45.4 cm³/mol. The number of carbonyl (C=O) groups is 1. The molecule has 0 amide bonds. The molecule has 1 aliphatic rings. The molecule has 0 saturated carbocycles. The van der Waals surface area contributed by atoms with Crippen molar-refractivity contribution < 1.29 is 66.0 Å². The summed E-state index contributed by atoms with van der Waals surface area (Å²) >= 11 is 0. The standard InChI is InChI=1S/C9H8N2O3.K/c12-9(13)7-8(14-5-11-7)6-1-3-10-4-2-6;/h1-5,7-8H,(H,12,13);/q;+1/p-1/t7-,8+;/m1./s1. The number of aromatic nitrogens is 1. The van der Waals surface area contributed by atoms with E-state index in [9.17, 15) is 9.90 Å². The largest absolute Gasteiger partial charge is 1.00 e. The number of carboxylic acids is 1. The first kappa shape index (κ1) is 12.8. The van der Waals surface area contributed by atoms with Gasteiger partial charge in [-0.05, 0) is 17.7 Å². The number of rotatable bonds is 2. The molecule has 15 heavy (non-hydrogen) atoms. The van der Waals surface area contributed by atoms with Crippen molar-refractivity contribution in [3.05, 3.63) is 30.1 Å². The number of ether oxygens (including phenoxy) is 1. The van der Waals surface area contributed by atoms with Gasteiger partial charge in [0.2, 0.25) is 0 Å². The van der Waals surface area contributed by atoms with E-state index < -0.39 is 18.1 Å². The first-order chi connectivity index (χ1) is 6.79. The van der Waals surface area contributed by atoms with Crippen LogP contribution < -0.4 is 56.5 Å². The van der Waals surface area contributed by atoms with E-state index in [4.69, 9.17) is 4.74 Å². The Hall–Kier alpha value is -0.274. The first-order valence-electron chi connectivity index (χ1n) is 4.07. The minimum absolute atomic E-state index is 0. The summed E-state index contributed by atoms with van der Waals surface area (Å²) < 4.78 is 5.07. The van der Waals surface area contributed by atoms with Gasteiger partial charge in [-0.25, -0.2) is 4.99 Å². The van der Waals surface area contributed by atoms with E-state index in [0.717, 1.165) is 12.0 Å². The summed E-state index contributed by atoms with van der Waals surface area (Å²) in [6, 6.07) is 2.42. The van der Waals surface area contributed by atoms with Gasteiger partial charge in [-0.2, -0.15) is 0 Å². The molecule has 0 N–H and O–H groups in total. The fraction of sp³-hybridized carbons (Fsp3) is 0.222. The van der Waals surface area contributed by atoms with Crippen LogP contribution in [-0.2, 0) is 9.53 Å². The molecule has 2 rings (SSSR count). The van der Waals surface area contributed by atoms with E-state index in [1.807, 2.05) is 0 Å². The molecule has 0 fully saturated rings. The second-order valence-electron chi connectivity index (χ2n) is 2.86. The number of nitrogens with zero attached hydrogens (tertiary/aromatic N) is 2. The van der Waals surface area contributed by atoms with Crippen LogP contribution in [0.2, 0.25) is 0 Å². The van der Waals surface area contributed by atoms with Crippen LogP contribution in [0.3, 0.4) is 0 Å². The second-order valence-corrected chi connectivity index (χ2v) is 2.86. The average molecular weight is 230 g/mol. The van der Waals surface area contributed by atoms with Crippen molar-refractivity contribution in [3.8, 4) is 0 Å². The van der Waals surface area contributed by atoms with E-state index in [2.05, 4.69) is 9.98 Å². The Morgan fingerprint density at radius 1 is 1.40 bits per heavy atom. The molecule has 6 heteroatoms. The first-order valence-corrected chi connectivity index (χ1v) is 4.07. The van der Waals surface area contributed by atoms with Gasteiger partial charge in [-0.15, -0.1) is 0 Å². The van der Waals surface area contributed by atoms with Crippen LogP contribution in [0.1, 0.15) is 11.7 Å². The predicted octanol–water partition coefficient (Wildman–Crippen LogP) is -3.70. The third-order valence-corrected chi connectivity index (χ3v) is 1.99. The molecule has 0 bridgehead atoms. The summed E-state index contributed by atoms with van der Waals surface area (Å²) in [5.74, 6) is -1.24. The van der Waals surface area contributed by atoms with Gasteiger partial charge in [-0.3, -0.25) is 4.98 Å². The van der Waals surface area contributed by atoms with E-state index in [1.165, 1.54) is 0 Å². The minimum Gasteiger partial charge on any atom is -0.548 e. The van der Waals surface area contributed by atoms with Gasteiger partial charge in [0.25, 0.3) is 0 Å². The fourth-order valence-electron chi connectivity index (χ4n) is 1.32. The van der Waals surface area contributed by atoms with E-state index in [0.29, 0.717) is 0 Å². The van der Waals surface area contributed by atoms with Crippen LogP contribution in [0.4, 0.5) is 0 Å². The van der Waals surface area contributed by atoms with E-state index in [-0.39, 0.29) is 51.4 Å². The maximum Gasteiger partial charge on any atom is 1.00 e. The zero-order valence-electron chi connectivity index (χ0n) is 8.16. The van der Waals surface area contributed by atoms with Gasteiger partial charge in [0.05, 0.1) is 5.97 Å². The van der Waals surface area contributed by atoms with Crippen LogP contribution in [0.25, 0.3) is 0 Å². The minimum atomic E-state index is -1.24. The summed E-state index contributed by atoms with van der Waals surface area (Å²) in [6.45, 7) is 0. The maximum atomic E-state index is 10.7. The Kier molecular flexibility index (Phi) is 4.87. The van der Waals surface area contributed by atoms with Crippen LogP contribution in [0.5, 0.6) is 0 Å². The van der Waals surface area contributed by atoms with Gasteiger partial charge in [-0.1, -0.05) is 0 Å². The number of aliphatic carboxylic acids is 1. The molecular weight excluding hydrogens is 223 g/mol. The Morgan fingerprint density at radius 3 is 2.67 bits per heavy atom. The molecule has 72 valence electrons. The molecule has 0 aliphatic carbocycles. The molecule has 1 aliphatic heterocycles. The molecule has 0 spiro atoms. The fourth-order valence-corrected chi connectivity index (χ4v) is 1.32. The maximum absolute atomic E-state index is 10.7. The SMILES string of the molecule is O=C([O-])[C@@H]1N=CO[C@H]1c1ccncc1.[K+]. The van der Waals surface area contributed by atoms with Crippen molar-refractivity contribution in [2.75, 3.05) is 0 Å². The van der Waals surface area contributed by atoms with Crippen LogP contribution >= 0.6 is 0 Å². The Labute approximate surface area is 129 Å². The summed E-state index contributed by atoms with van der Waals surface area (Å²) in [5.41, 5.74) is 0.728. The van der Waals surface area contributed by atoms with Crippen molar-refractivity contribution in [1.29, 1.82) is 0 Å². The number of hydrogen-bond donors (Lipinski definition) is 0. The van der Waals surface area contributed by atoms with Gasteiger partial charge < -0.3 is 14.6 Å². The third-order valence-electron chi connectivity index (χ3n) is 1.99. The van der Waals surface area contributed by atoms with Gasteiger partial charge in [0, 0.05) is 12.4 Å². The monoisotopic (exact) mass is 230 g/mol. The van der Waals surface area contributed by atoms with Crippen molar-refractivity contribution in [2.24, 2.45) is 4.99 Å². The zero-order chi connectivity index (χ0) is 9.97. The van der Waals surface area contributed by atoms with Gasteiger partial charge in [0.1, 0.15) is 6.04 Å². The number of carboxylic acid groups (broad SMARTS) is 1. The van der Waals surface area contributed by atoms with Gasteiger partial charge in [0.15, 0.2) is 12.5 Å².